The van der Waals surface area contributed by atoms with Gasteiger partial charge in [-0.25, -0.2) is 0 Å². The molecule has 82 valence electrons. The van der Waals surface area contributed by atoms with E-state index >= 15 is 0 Å². The lowest BCUT2D eigenvalue weighted by molar-refractivity contribution is -0.138. The van der Waals surface area contributed by atoms with Crippen molar-refractivity contribution in [1.29, 1.82) is 0 Å². The molecule has 0 aliphatic carbocycles. The standard InChI is InChI=1S/C11H15NO3/c1-7(13)5-8-3-2-4-9(6-8)10(12)11(14)15/h2-4,6-7,10,13H,5,12H2,1H3,(H,14,15). The van der Waals surface area contributed by atoms with Crippen LogP contribution in [0.15, 0.2) is 24.3 Å². The number of nitrogens with two attached hydrogens (primary N) is 1. The molecular formula is C11H15NO3. The van der Waals surface area contributed by atoms with Crippen LogP contribution in [0.5, 0.6) is 0 Å². The first-order chi connectivity index (χ1) is 7.00. The molecule has 15 heavy (non-hydrogen) atoms. The number of hydrogen-bond donors (Lipinski definition) is 3. The van der Waals surface area contributed by atoms with Crippen LogP contribution in [0.1, 0.15) is 24.1 Å². The van der Waals surface area contributed by atoms with Gasteiger partial charge in [0.2, 0.25) is 0 Å². The van der Waals surface area contributed by atoms with Gasteiger partial charge in [-0.2, -0.15) is 0 Å². The Morgan fingerprint density at radius 2 is 2.20 bits per heavy atom. The second-order valence-electron chi connectivity index (χ2n) is 3.61. The summed E-state index contributed by atoms with van der Waals surface area (Å²) in [6.45, 7) is 1.68. The highest BCUT2D eigenvalue weighted by molar-refractivity contribution is 5.75. The van der Waals surface area contributed by atoms with Crippen molar-refractivity contribution in [2.24, 2.45) is 5.73 Å². The Bertz CT molecular complexity index is 349. The molecule has 2 unspecified atom stereocenters. The Labute approximate surface area is 88.3 Å². The van der Waals surface area contributed by atoms with Crippen LogP contribution in [-0.2, 0) is 11.2 Å². The molecule has 0 fully saturated rings. The van der Waals surface area contributed by atoms with Crippen molar-refractivity contribution in [1.82, 2.24) is 0 Å². The topological polar surface area (TPSA) is 83.5 Å². The summed E-state index contributed by atoms with van der Waals surface area (Å²) >= 11 is 0. The van der Waals surface area contributed by atoms with E-state index in [4.69, 9.17) is 10.8 Å². The summed E-state index contributed by atoms with van der Waals surface area (Å²) in [7, 11) is 0. The molecule has 0 saturated heterocycles. The van der Waals surface area contributed by atoms with Crippen LogP contribution in [0.4, 0.5) is 0 Å². The van der Waals surface area contributed by atoms with Gasteiger partial charge in [-0.05, 0) is 24.5 Å². The maximum atomic E-state index is 10.7. The molecule has 4 nitrogen and oxygen atoms in total. The van der Waals surface area contributed by atoms with Crippen molar-refractivity contribution in [3.8, 4) is 0 Å². The van der Waals surface area contributed by atoms with Gasteiger partial charge >= 0.3 is 5.97 Å². The van der Waals surface area contributed by atoms with Crippen molar-refractivity contribution in [2.75, 3.05) is 0 Å². The lowest BCUT2D eigenvalue weighted by Gasteiger charge is -2.09. The Hall–Kier alpha value is -1.39. The molecule has 0 aromatic heterocycles. The maximum absolute atomic E-state index is 10.7. The highest BCUT2D eigenvalue weighted by atomic mass is 16.4. The van der Waals surface area contributed by atoms with Crippen LogP contribution >= 0.6 is 0 Å². The summed E-state index contributed by atoms with van der Waals surface area (Å²) in [6.07, 6.45) is 0.0569. The van der Waals surface area contributed by atoms with Crippen molar-refractivity contribution in [2.45, 2.75) is 25.5 Å². The number of hydrogen-bond acceptors (Lipinski definition) is 3. The number of rotatable bonds is 4. The van der Waals surface area contributed by atoms with Crippen molar-refractivity contribution < 1.29 is 15.0 Å². The summed E-state index contributed by atoms with van der Waals surface area (Å²) in [6, 6.07) is 5.97. The Morgan fingerprint density at radius 1 is 1.53 bits per heavy atom. The summed E-state index contributed by atoms with van der Waals surface area (Å²) < 4.78 is 0. The number of aliphatic hydroxyl groups excluding tert-OH is 1. The van der Waals surface area contributed by atoms with Crippen LogP contribution in [0, 0.1) is 0 Å². The fourth-order valence-electron chi connectivity index (χ4n) is 1.40. The molecule has 1 aromatic carbocycles. The third-order valence-corrected chi connectivity index (χ3v) is 2.11. The minimum absolute atomic E-state index is 0.443. The van der Waals surface area contributed by atoms with E-state index < -0.39 is 18.1 Å². The first kappa shape index (κ1) is 11.7. The quantitative estimate of drug-likeness (QED) is 0.681. The van der Waals surface area contributed by atoms with Gasteiger partial charge < -0.3 is 15.9 Å². The van der Waals surface area contributed by atoms with Gasteiger partial charge in [0.1, 0.15) is 6.04 Å². The van der Waals surface area contributed by atoms with Crippen molar-refractivity contribution in [3.63, 3.8) is 0 Å². The van der Waals surface area contributed by atoms with Crippen molar-refractivity contribution >= 4 is 5.97 Å². The SMILES string of the molecule is CC(O)Cc1cccc(C(N)C(=O)O)c1. The molecule has 0 spiro atoms. The van der Waals surface area contributed by atoms with E-state index in [0.29, 0.717) is 12.0 Å². The molecule has 2 atom stereocenters. The highest BCUT2D eigenvalue weighted by Gasteiger charge is 2.14. The van der Waals surface area contributed by atoms with Gasteiger partial charge in [0, 0.05) is 0 Å². The lowest BCUT2D eigenvalue weighted by atomic mass is 10.0. The molecule has 1 rings (SSSR count). The Morgan fingerprint density at radius 3 is 2.73 bits per heavy atom. The molecule has 0 bridgehead atoms. The molecular weight excluding hydrogens is 194 g/mol. The van der Waals surface area contributed by atoms with E-state index in [-0.39, 0.29) is 0 Å². The van der Waals surface area contributed by atoms with Crippen LogP contribution in [0.2, 0.25) is 0 Å². The Balaban J connectivity index is 2.87. The van der Waals surface area contributed by atoms with E-state index in [2.05, 4.69) is 0 Å². The monoisotopic (exact) mass is 209 g/mol. The zero-order valence-corrected chi connectivity index (χ0v) is 8.55. The van der Waals surface area contributed by atoms with Gasteiger partial charge in [0.15, 0.2) is 0 Å². The zero-order chi connectivity index (χ0) is 11.4. The minimum atomic E-state index is -1.05. The Kier molecular flexibility index (Phi) is 3.82. The molecule has 4 N–H and O–H groups in total. The third kappa shape index (κ3) is 3.34. The predicted molar refractivity (Wildman–Crippen MR) is 56.4 cm³/mol. The second-order valence-corrected chi connectivity index (χ2v) is 3.61. The second kappa shape index (κ2) is 4.91. The maximum Gasteiger partial charge on any atom is 0.325 e. The van der Waals surface area contributed by atoms with Gasteiger partial charge in [-0.15, -0.1) is 0 Å². The first-order valence-corrected chi connectivity index (χ1v) is 4.76. The molecule has 0 aliphatic rings. The summed E-state index contributed by atoms with van der Waals surface area (Å²) in [5, 5.41) is 17.9. The summed E-state index contributed by atoms with van der Waals surface area (Å²) in [5.41, 5.74) is 6.92. The minimum Gasteiger partial charge on any atom is -0.480 e. The molecule has 0 radical (unpaired) electrons. The molecule has 0 amide bonds. The molecule has 0 aliphatic heterocycles. The predicted octanol–water partition coefficient (Wildman–Crippen LogP) is 0.694. The number of benzene rings is 1. The number of aliphatic carboxylic acids is 1. The number of carboxylic acids is 1. The van der Waals surface area contributed by atoms with Gasteiger partial charge in [-0.1, -0.05) is 24.3 Å². The average Bonchev–Trinajstić information content (AvgIpc) is 2.16. The van der Waals surface area contributed by atoms with E-state index in [1.54, 1.807) is 25.1 Å². The molecule has 1 aromatic rings. The van der Waals surface area contributed by atoms with E-state index in [1.807, 2.05) is 6.07 Å². The number of carboxylic acid groups (broad SMARTS) is 1. The van der Waals surface area contributed by atoms with E-state index in [9.17, 15) is 9.90 Å². The zero-order valence-electron chi connectivity index (χ0n) is 8.55. The fourth-order valence-corrected chi connectivity index (χ4v) is 1.40. The van der Waals surface area contributed by atoms with Crippen LogP contribution in [0.3, 0.4) is 0 Å². The van der Waals surface area contributed by atoms with Crippen LogP contribution in [0.25, 0.3) is 0 Å². The van der Waals surface area contributed by atoms with Gasteiger partial charge in [-0.3, -0.25) is 4.79 Å². The largest absolute Gasteiger partial charge is 0.480 e. The van der Waals surface area contributed by atoms with Gasteiger partial charge in [0.25, 0.3) is 0 Å². The molecule has 0 saturated carbocycles. The number of carbonyl (C=O) groups is 1. The third-order valence-electron chi connectivity index (χ3n) is 2.11. The van der Waals surface area contributed by atoms with Crippen LogP contribution in [-0.4, -0.2) is 22.3 Å². The highest BCUT2D eigenvalue weighted by Crippen LogP contribution is 2.14. The average molecular weight is 209 g/mol. The fraction of sp³-hybridized carbons (Fsp3) is 0.364. The van der Waals surface area contributed by atoms with Crippen molar-refractivity contribution in [3.05, 3.63) is 35.4 Å². The molecule has 4 heteroatoms. The summed E-state index contributed by atoms with van der Waals surface area (Å²) in [4.78, 5) is 10.7. The summed E-state index contributed by atoms with van der Waals surface area (Å²) in [5.74, 6) is -1.05. The van der Waals surface area contributed by atoms with E-state index in [1.165, 1.54) is 0 Å². The van der Waals surface area contributed by atoms with Crippen LogP contribution < -0.4 is 5.73 Å². The smallest absolute Gasteiger partial charge is 0.325 e. The molecule has 0 heterocycles. The first-order valence-electron chi connectivity index (χ1n) is 4.76. The lowest BCUT2D eigenvalue weighted by Crippen LogP contribution is -2.20. The number of aliphatic hydroxyl groups is 1. The normalized spacial score (nSPS) is 14.6. The van der Waals surface area contributed by atoms with Gasteiger partial charge in [0.05, 0.1) is 6.10 Å². The van der Waals surface area contributed by atoms with E-state index in [0.717, 1.165) is 5.56 Å².